The van der Waals surface area contributed by atoms with Gasteiger partial charge in [0.2, 0.25) is 11.8 Å². The van der Waals surface area contributed by atoms with E-state index in [4.69, 9.17) is 23.2 Å². The second-order valence-corrected chi connectivity index (χ2v) is 14.0. The van der Waals surface area contributed by atoms with E-state index >= 15 is 0 Å². The highest BCUT2D eigenvalue weighted by molar-refractivity contribution is 6.58. The van der Waals surface area contributed by atoms with Crippen molar-refractivity contribution in [2.75, 3.05) is 9.80 Å². The number of nitro groups is 1. The van der Waals surface area contributed by atoms with E-state index in [1.54, 1.807) is 42.5 Å². The van der Waals surface area contributed by atoms with Crippen LogP contribution in [0.25, 0.3) is 10.8 Å². The van der Waals surface area contributed by atoms with Gasteiger partial charge in [-0.3, -0.25) is 34.2 Å². The number of non-ortho nitro benzene ring substituents is 1. The molecule has 6 unspecified atom stereocenters. The van der Waals surface area contributed by atoms with Crippen LogP contribution in [-0.2, 0) is 19.2 Å². The predicted octanol–water partition coefficient (Wildman–Crippen LogP) is 6.36. The number of alkyl halides is 2. The Hall–Kier alpha value is -5.13. The van der Waals surface area contributed by atoms with Crippen LogP contribution in [0.5, 0.6) is 5.75 Å². The molecule has 4 amide bonds. The largest absolute Gasteiger partial charge is 0.507 e. The number of hydrogen-bond donors (Lipinski definition) is 1. The molecule has 3 fully saturated rings. The maximum Gasteiger partial charge on any atom is 0.269 e. The highest BCUT2D eigenvalue weighted by atomic mass is 35.5. The Labute approximate surface area is 287 Å². The third-order valence-electron chi connectivity index (χ3n) is 10.5. The Kier molecular flexibility index (Phi) is 6.79. The van der Waals surface area contributed by atoms with Crippen molar-refractivity contribution in [3.8, 4) is 5.75 Å². The molecular formula is C36H24Cl2FN3O7. The van der Waals surface area contributed by atoms with Crippen LogP contribution >= 0.6 is 23.2 Å². The zero-order valence-electron chi connectivity index (χ0n) is 25.3. The number of carbonyl (C=O) groups is 4. The summed E-state index contributed by atoms with van der Waals surface area (Å²) in [4.78, 5) is 65.2. The van der Waals surface area contributed by atoms with Crippen LogP contribution in [0.15, 0.2) is 96.6 Å². The molecule has 13 heteroatoms. The van der Waals surface area contributed by atoms with Crippen molar-refractivity contribution < 1.29 is 33.6 Å². The summed E-state index contributed by atoms with van der Waals surface area (Å²) in [5, 5.41) is 24.1. The van der Waals surface area contributed by atoms with Crippen molar-refractivity contribution in [1.29, 1.82) is 0 Å². The molecule has 4 aromatic carbocycles. The average molecular weight is 701 g/mol. The summed E-state index contributed by atoms with van der Waals surface area (Å²) in [6, 6.07) is 20.1. The maximum absolute atomic E-state index is 14.6. The number of aromatic hydroxyl groups is 1. The second kappa shape index (κ2) is 10.7. The molecule has 1 saturated carbocycles. The molecule has 0 bridgehead atoms. The molecule has 8 rings (SSSR count). The van der Waals surface area contributed by atoms with Crippen molar-refractivity contribution in [2.24, 2.45) is 17.8 Å². The minimum atomic E-state index is -2.21. The number of hydrogen-bond acceptors (Lipinski definition) is 7. The molecule has 246 valence electrons. The first-order valence-electron chi connectivity index (χ1n) is 15.4. The standard InChI is InChI=1S/C36H24Cl2FN3O7/c37-35-17-27-24(15-16-25-28(27)32(45)40(31(25)44)20-10-12-22(13-11-20)42(48)49)29(26-14-5-18-3-1-2-4-23(18)30(26)43)36(35,38)34(47)41(33(35)46)21-8-6-19(39)7-9-21/h1-15,25,27-29,43H,16-17H2. The highest BCUT2D eigenvalue weighted by Crippen LogP contribution is 2.66. The Balaban J connectivity index is 1.30. The van der Waals surface area contributed by atoms with Crippen LogP contribution in [0.2, 0.25) is 0 Å². The van der Waals surface area contributed by atoms with Crippen molar-refractivity contribution in [2.45, 2.75) is 28.5 Å². The van der Waals surface area contributed by atoms with Crippen LogP contribution in [0.4, 0.5) is 21.5 Å². The van der Waals surface area contributed by atoms with E-state index in [1.807, 2.05) is 0 Å². The lowest BCUT2D eigenvalue weighted by Crippen LogP contribution is -2.60. The number of rotatable bonds is 4. The second-order valence-electron chi connectivity index (χ2n) is 12.8. The van der Waals surface area contributed by atoms with Gasteiger partial charge < -0.3 is 5.11 Å². The van der Waals surface area contributed by atoms with E-state index in [0.717, 1.165) is 21.9 Å². The number of halogens is 3. The molecule has 4 aromatic rings. The molecule has 0 radical (unpaired) electrons. The molecule has 49 heavy (non-hydrogen) atoms. The van der Waals surface area contributed by atoms with E-state index in [-0.39, 0.29) is 41.2 Å². The third kappa shape index (κ3) is 4.12. The molecule has 0 aromatic heterocycles. The fraction of sp³-hybridized carbons (Fsp3) is 0.222. The van der Waals surface area contributed by atoms with Gasteiger partial charge in [-0.1, -0.05) is 48.0 Å². The van der Waals surface area contributed by atoms with Crippen molar-refractivity contribution in [3.63, 3.8) is 0 Å². The zero-order valence-corrected chi connectivity index (χ0v) is 26.8. The molecule has 10 nitrogen and oxygen atoms in total. The van der Waals surface area contributed by atoms with Gasteiger partial charge in [0, 0.05) is 29.0 Å². The van der Waals surface area contributed by atoms with E-state index in [2.05, 4.69) is 0 Å². The number of nitrogens with zero attached hydrogens (tertiary/aromatic N) is 3. The molecular weight excluding hydrogens is 676 g/mol. The summed E-state index contributed by atoms with van der Waals surface area (Å²) >= 11 is 14.8. The van der Waals surface area contributed by atoms with Crippen molar-refractivity contribution >= 4 is 74.7 Å². The van der Waals surface area contributed by atoms with Crippen molar-refractivity contribution in [1.82, 2.24) is 0 Å². The Morgan fingerprint density at radius 2 is 1.47 bits per heavy atom. The van der Waals surface area contributed by atoms with Gasteiger partial charge in [-0.25, -0.2) is 9.29 Å². The molecule has 4 aliphatic rings. The van der Waals surface area contributed by atoms with Gasteiger partial charge in [0.25, 0.3) is 17.5 Å². The normalized spacial score (nSPS) is 29.2. The molecule has 2 saturated heterocycles. The SMILES string of the molecule is O=C1C2CC=C3C(CC4(Cl)C(=O)N(c5ccc(F)cc5)C(=O)C4(Cl)C3c3ccc4ccccc4c3O)C2C(=O)N1c1ccc([N+](=O)[O-])cc1. The van der Waals surface area contributed by atoms with Gasteiger partial charge in [0.05, 0.1) is 28.1 Å². The smallest absolute Gasteiger partial charge is 0.269 e. The van der Waals surface area contributed by atoms with Crippen LogP contribution in [0.3, 0.4) is 0 Å². The van der Waals surface area contributed by atoms with E-state index in [1.165, 1.54) is 36.4 Å². The van der Waals surface area contributed by atoms with E-state index in [9.17, 15) is 38.8 Å². The molecule has 6 atom stereocenters. The van der Waals surface area contributed by atoms with Gasteiger partial charge in [-0.05, 0) is 60.5 Å². The number of carbonyl (C=O) groups excluding carboxylic acids is 4. The lowest BCUT2D eigenvalue weighted by molar-refractivity contribution is -0.384. The number of nitro benzene ring substituents is 1. The topological polar surface area (TPSA) is 138 Å². The van der Waals surface area contributed by atoms with Gasteiger partial charge in [-0.15, -0.1) is 23.2 Å². The number of allylic oxidation sites excluding steroid dienone is 2. The fourth-order valence-electron chi connectivity index (χ4n) is 8.23. The van der Waals surface area contributed by atoms with Crippen LogP contribution < -0.4 is 9.80 Å². The molecule has 2 aliphatic carbocycles. The minimum Gasteiger partial charge on any atom is -0.507 e. The summed E-state index contributed by atoms with van der Waals surface area (Å²) in [6.07, 6.45) is 1.53. The first kappa shape index (κ1) is 31.2. The molecule has 2 aliphatic heterocycles. The first-order chi connectivity index (χ1) is 23.4. The van der Waals surface area contributed by atoms with Gasteiger partial charge in [0.1, 0.15) is 11.6 Å². The number of benzene rings is 4. The molecule has 2 heterocycles. The fourth-order valence-corrected chi connectivity index (χ4v) is 9.15. The van der Waals surface area contributed by atoms with Crippen LogP contribution in [0.1, 0.15) is 24.3 Å². The number of phenolic OH excluding ortho intramolecular Hbond substituents is 1. The third-order valence-corrected chi connectivity index (χ3v) is 11.9. The lowest BCUT2D eigenvalue weighted by Gasteiger charge is -2.50. The Bertz CT molecular complexity index is 2190. The summed E-state index contributed by atoms with van der Waals surface area (Å²) in [7, 11) is 0. The quantitative estimate of drug-likeness (QED) is 0.0860. The zero-order chi connectivity index (χ0) is 34.6. The minimum absolute atomic E-state index is 0.0404. The number of amides is 4. The summed E-state index contributed by atoms with van der Waals surface area (Å²) < 4.78 is 13.9. The lowest BCUT2D eigenvalue weighted by atomic mass is 9.56. The Morgan fingerprint density at radius 1 is 0.816 bits per heavy atom. The van der Waals surface area contributed by atoms with Crippen molar-refractivity contribution in [3.05, 3.63) is 118 Å². The highest BCUT2D eigenvalue weighted by Gasteiger charge is 2.77. The molecule has 1 N–H and O–H groups in total. The summed E-state index contributed by atoms with van der Waals surface area (Å²) in [5.41, 5.74) is 0.662. The van der Waals surface area contributed by atoms with Gasteiger partial charge >= 0.3 is 0 Å². The number of anilines is 2. The summed E-state index contributed by atoms with van der Waals surface area (Å²) in [5.74, 6) is -7.61. The number of imide groups is 2. The Morgan fingerprint density at radius 3 is 2.16 bits per heavy atom. The van der Waals surface area contributed by atoms with Gasteiger partial charge in [-0.2, -0.15) is 0 Å². The van der Waals surface area contributed by atoms with Gasteiger partial charge in [0.15, 0.2) is 9.75 Å². The van der Waals surface area contributed by atoms with Crippen LogP contribution in [0, 0.1) is 33.7 Å². The van der Waals surface area contributed by atoms with E-state index < -0.39 is 67.8 Å². The predicted molar refractivity (Wildman–Crippen MR) is 178 cm³/mol. The maximum atomic E-state index is 14.6. The number of fused-ring (bicyclic) bond motifs is 5. The number of phenols is 1. The summed E-state index contributed by atoms with van der Waals surface area (Å²) in [6.45, 7) is 0. The monoisotopic (exact) mass is 699 g/mol. The van der Waals surface area contributed by atoms with E-state index in [0.29, 0.717) is 16.3 Å². The van der Waals surface area contributed by atoms with Crippen LogP contribution in [-0.4, -0.2) is 43.4 Å². The first-order valence-corrected chi connectivity index (χ1v) is 16.2. The average Bonchev–Trinajstić information content (AvgIpc) is 3.43. The molecule has 0 spiro atoms.